The predicted octanol–water partition coefficient (Wildman–Crippen LogP) is 2.88. The highest BCUT2D eigenvalue weighted by atomic mass is 35.5. The van der Waals surface area contributed by atoms with E-state index in [0.717, 1.165) is 0 Å². The van der Waals surface area contributed by atoms with Crippen molar-refractivity contribution in [3.8, 4) is 11.5 Å². The Bertz CT molecular complexity index is 717. The van der Waals surface area contributed by atoms with Crippen molar-refractivity contribution in [2.75, 3.05) is 13.2 Å². The number of rotatable bonds is 3. The summed E-state index contributed by atoms with van der Waals surface area (Å²) in [5.41, 5.74) is 3.71. The average Bonchev–Trinajstić information content (AvgIpc) is 2.56. The molecule has 0 saturated heterocycles. The van der Waals surface area contributed by atoms with E-state index < -0.39 is 0 Å². The highest BCUT2D eigenvalue weighted by Gasteiger charge is 2.16. The molecule has 1 aliphatic rings. The van der Waals surface area contributed by atoms with Gasteiger partial charge in [0.05, 0.1) is 11.2 Å². The zero-order valence-corrected chi connectivity index (χ0v) is 12.3. The highest BCUT2D eigenvalue weighted by Crippen LogP contribution is 2.37. The van der Waals surface area contributed by atoms with Crippen molar-refractivity contribution < 1.29 is 14.3 Å². The lowest BCUT2D eigenvalue weighted by molar-refractivity contribution is 0.0955. The second-order valence-corrected chi connectivity index (χ2v) is 5.00. The summed E-state index contributed by atoms with van der Waals surface area (Å²) < 4.78 is 10.9. The Kier molecular flexibility index (Phi) is 4.25. The molecular formula is C16H13ClN2O3. The zero-order valence-electron chi connectivity index (χ0n) is 11.6. The molecule has 6 heteroatoms. The van der Waals surface area contributed by atoms with E-state index >= 15 is 0 Å². The standard InChI is InChI=1S/C16H13ClN2O3/c17-13-8-11(9-14-15(13)22-7-6-21-14)10-18-19-16(20)12-4-2-1-3-5-12/h1-5,8-10H,6-7H2,(H,19,20)/b18-10-. The maximum Gasteiger partial charge on any atom is 0.271 e. The third-order valence-corrected chi connectivity index (χ3v) is 3.32. The summed E-state index contributed by atoms with van der Waals surface area (Å²) in [7, 11) is 0. The van der Waals surface area contributed by atoms with Gasteiger partial charge in [0.1, 0.15) is 13.2 Å². The van der Waals surface area contributed by atoms with Crippen LogP contribution >= 0.6 is 11.6 Å². The third-order valence-electron chi connectivity index (χ3n) is 3.03. The smallest absolute Gasteiger partial charge is 0.271 e. The Balaban J connectivity index is 1.71. The first kappa shape index (κ1) is 14.4. The molecule has 2 aromatic carbocycles. The summed E-state index contributed by atoms with van der Waals surface area (Å²) >= 11 is 6.13. The molecule has 0 atom stereocenters. The van der Waals surface area contributed by atoms with Crippen molar-refractivity contribution in [3.05, 3.63) is 58.6 Å². The molecule has 1 heterocycles. The van der Waals surface area contributed by atoms with E-state index in [4.69, 9.17) is 21.1 Å². The van der Waals surface area contributed by atoms with Gasteiger partial charge < -0.3 is 9.47 Å². The average molecular weight is 317 g/mol. The van der Waals surface area contributed by atoms with E-state index in [-0.39, 0.29) is 5.91 Å². The van der Waals surface area contributed by atoms with Crippen LogP contribution in [0.3, 0.4) is 0 Å². The Labute approximate surface area is 132 Å². The number of fused-ring (bicyclic) bond motifs is 1. The van der Waals surface area contributed by atoms with Crippen LogP contribution in [0.2, 0.25) is 5.02 Å². The van der Waals surface area contributed by atoms with E-state index in [1.54, 1.807) is 36.4 Å². The summed E-state index contributed by atoms with van der Waals surface area (Å²) in [6, 6.07) is 12.3. The summed E-state index contributed by atoms with van der Waals surface area (Å²) in [6.45, 7) is 0.960. The van der Waals surface area contributed by atoms with Crippen LogP contribution in [0.15, 0.2) is 47.6 Å². The van der Waals surface area contributed by atoms with Gasteiger partial charge in [0, 0.05) is 5.56 Å². The molecule has 112 valence electrons. The number of amides is 1. The topological polar surface area (TPSA) is 59.9 Å². The fraction of sp³-hybridized carbons (Fsp3) is 0.125. The van der Waals surface area contributed by atoms with Gasteiger partial charge in [0.2, 0.25) is 0 Å². The summed E-state index contributed by atoms with van der Waals surface area (Å²) in [4.78, 5) is 11.8. The van der Waals surface area contributed by atoms with Gasteiger partial charge in [-0.15, -0.1) is 0 Å². The summed E-state index contributed by atoms with van der Waals surface area (Å²) in [5, 5.41) is 4.38. The maximum absolute atomic E-state index is 11.8. The Morgan fingerprint density at radius 2 is 1.95 bits per heavy atom. The van der Waals surface area contributed by atoms with E-state index in [1.165, 1.54) is 6.21 Å². The quantitative estimate of drug-likeness (QED) is 0.699. The number of carbonyl (C=O) groups excluding carboxylic acids is 1. The van der Waals surface area contributed by atoms with Crippen LogP contribution < -0.4 is 14.9 Å². The summed E-state index contributed by atoms with van der Waals surface area (Å²) in [5.74, 6) is 0.841. The van der Waals surface area contributed by atoms with Gasteiger partial charge in [-0.2, -0.15) is 5.10 Å². The molecule has 3 rings (SSSR count). The van der Waals surface area contributed by atoms with Gasteiger partial charge in [-0.1, -0.05) is 29.8 Å². The van der Waals surface area contributed by atoms with E-state index in [2.05, 4.69) is 10.5 Å². The van der Waals surface area contributed by atoms with Crippen LogP contribution in [-0.2, 0) is 0 Å². The molecule has 0 spiro atoms. The minimum Gasteiger partial charge on any atom is -0.486 e. The Hall–Kier alpha value is -2.53. The van der Waals surface area contributed by atoms with Crippen molar-refractivity contribution >= 4 is 23.7 Å². The lowest BCUT2D eigenvalue weighted by atomic mass is 10.2. The molecule has 1 amide bonds. The lowest BCUT2D eigenvalue weighted by Gasteiger charge is -2.19. The van der Waals surface area contributed by atoms with Crippen LogP contribution in [0, 0.1) is 0 Å². The molecule has 2 aromatic rings. The molecule has 0 radical (unpaired) electrons. The number of ether oxygens (including phenoxy) is 2. The molecule has 0 aliphatic carbocycles. The number of nitrogens with one attached hydrogen (secondary N) is 1. The minimum atomic E-state index is -0.277. The van der Waals surface area contributed by atoms with Crippen molar-refractivity contribution in [2.45, 2.75) is 0 Å². The van der Waals surface area contributed by atoms with Gasteiger partial charge in [-0.3, -0.25) is 4.79 Å². The number of carbonyl (C=O) groups is 1. The fourth-order valence-electron chi connectivity index (χ4n) is 2.02. The van der Waals surface area contributed by atoms with Gasteiger partial charge in [-0.05, 0) is 29.8 Å². The number of hydrogen-bond acceptors (Lipinski definition) is 4. The number of nitrogens with zero attached hydrogens (tertiary/aromatic N) is 1. The minimum absolute atomic E-state index is 0.277. The van der Waals surface area contributed by atoms with Crippen LogP contribution in [-0.4, -0.2) is 25.3 Å². The van der Waals surface area contributed by atoms with Crippen molar-refractivity contribution in [2.24, 2.45) is 5.10 Å². The van der Waals surface area contributed by atoms with E-state index in [1.807, 2.05) is 6.07 Å². The number of benzene rings is 2. The molecule has 22 heavy (non-hydrogen) atoms. The van der Waals surface area contributed by atoms with Crippen LogP contribution in [0.5, 0.6) is 11.5 Å². The van der Waals surface area contributed by atoms with E-state index in [9.17, 15) is 4.79 Å². The SMILES string of the molecule is O=C(N/N=C\c1cc(Cl)c2c(c1)OCCO2)c1ccccc1. The first-order valence-electron chi connectivity index (χ1n) is 6.71. The molecule has 0 saturated carbocycles. The summed E-state index contributed by atoms with van der Waals surface area (Å²) in [6.07, 6.45) is 1.50. The molecular weight excluding hydrogens is 304 g/mol. The molecule has 0 fully saturated rings. The van der Waals surface area contributed by atoms with Crippen LogP contribution in [0.4, 0.5) is 0 Å². The molecule has 0 aromatic heterocycles. The van der Waals surface area contributed by atoms with Gasteiger partial charge in [0.15, 0.2) is 11.5 Å². The highest BCUT2D eigenvalue weighted by molar-refractivity contribution is 6.32. The van der Waals surface area contributed by atoms with Crippen LogP contribution in [0.25, 0.3) is 0 Å². The molecule has 0 bridgehead atoms. The zero-order chi connectivity index (χ0) is 15.4. The van der Waals surface area contributed by atoms with Gasteiger partial charge in [-0.25, -0.2) is 5.43 Å². The Morgan fingerprint density at radius 1 is 1.18 bits per heavy atom. The molecule has 1 aliphatic heterocycles. The maximum atomic E-state index is 11.8. The normalized spacial score (nSPS) is 13.1. The first-order valence-corrected chi connectivity index (χ1v) is 7.09. The molecule has 0 unspecified atom stereocenters. The molecule has 1 N–H and O–H groups in total. The van der Waals surface area contributed by atoms with Crippen LogP contribution in [0.1, 0.15) is 15.9 Å². The molecule has 5 nitrogen and oxygen atoms in total. The van der Waals surface area contributed by atoms with Crippen molar-refractivity contribution in [3.63, 3.8) is 0 Å². The van der Waals surface area contributed by atoms with Crippen molar-refractivity contribution in [1.29, 1.82) is 0 Å². The number of hydrogen-bond donors (Lipinski definition) is 1. The van der Waals surface area contributed by atoms with E-state index in [0.29, 0.717) is 40.9 Å². The number of halogens is 1. The van der Waals surface area contributed by atoms with Gasteiger partial charge >= 0.3 is 0 Å². The Morgan fingerprint density at radius 3 is 2.77 bits per heavy atom. The fourth-order valence-corrected chi connectivity index (χ4v) is 2.30. The first-order chi connectivity index (χ1) is 10.7. The lowest BCUT2D eigenvalue weighted by Crippen LogP contribution is -2.17. The monoisotopic (exact) mass is 316 g/mol. The largest absolute Gasteiger partial charge is 0.486 e. The second kappa shape index (κ2) is 6.49. The third kappa shape index (κ3) is 3.20. The predicted molar refractivity (Wildman–Crippen MR) is 83.9 cm³/mol. The number of hydrazone groups is 1. The second-order valence-electron chi connectivity index (χ2n) is 4.59. The van der Waals surface area contributed by atoms with Gasteiger partial charge in [0.25, 0.3) is 5.91 Å². The van der Waals surface area contributed by atoms with Crippen molar-refractivity contribution in [1.82, 2.24) is 5.43 Å².